The Kier molecular flexibility index (Phi) is 4.20. The van der Waals surface area contributed by atoms with E-state index in [0.29, 0.717) is 17.0 Å². The van der Waals surface area contributed by atoms with Crippen LogP contribution in [0.4, 0.5) is 5.88 Å². The molecule has 102 valence electrons. The third-order valence-electron chi connectivity index (χ3n) is 2.44. The number of carbonyl (C=O) groups is 1. The second kappa shape index (κ2) is 5.87. The largest absolute Gasteiger partial charge is 0.416 e. The van der Waals surface area contributed by atoms with Gasteiger partial charge < -0.3 is 8.94 Å². The summed E-state index contributed by atoms with van der Waals surface area (Å²) in [5.41, 5.74) is 1.70. The highest BCUT2D eigenvalue weighted by molar-refractivity contribution is 7.99. The molecule has 1 amide bonds. The molecule has 1 N–H and O–H groups in total. The van der Waals surface area contributed by atoms with Gasteiger partial charge in [-0.05, 0) is 13.3 Å². The number of anilines is 1. The van der Waals surface area contributed by atoms with Gasteiger partial charge in [-0.3, -0.25) is 10.1 Å². The Balaban J connectivity index is 1.88. The van der Waals surface area contributed by atoms with E-state index in [1.54, 1.807) is 6.92 Å². The molecule has 0 fully saturated rings. The SMILES string of the molecule is CCc1noc(NC(=O)CSc2nnc(C)o2)c1C. The van der Waals surface area contributed by atoms with Crippen molar-refractivity contribution in [3.8, 4) is 0 Å². The van der Waals surface area contributed by atoms with Gasteiger partial charge >= 0.3 is 0 Å². The first-order valence-electron chi connectivity index (χ1n) is 5.78. The lowest BCUT2D eigenvalue weighted by Gasteiger charge is -2.00. The maximum Gasteiger partial charge on any atom is 0.277 e. The van der Waals surface area contributed by atoms with Crippen LogP contribution in [0.3, 0.4) is 0 Å². The summed E-state index contributed by atoms with van der Waals surface area (Å²) in [5, 5.41) is 14.4. The molecule has 0 aromatic carbocycles. The van der Waals surface area contributed by atoms with Crippen LogP contribution in [0, 0.1) is 13.8 Å². The quantitative estimate of drug-likeness (QED) is 0.838. The van der Waals surface area contributed by atoms with Crippen LogP contribution in [0.5, 0.6) is 0 Å². The normalized spacial score (nSPS) is 10.7. The highest BCUT2D eigenvalue weighted by Gasteiger charge is 2.14. The molecule has 0 unspecified atom stereocenters. The predicted octanol–water partition coefficient (Wildman–Crippen LogP) is 1.97. The molecule has 0 aliphatic heterocycles. The Morgan fingerprint density at radius 2 is 2.16 bits per heavy atom. The fourth-order valence-corrected chi connectivity index (χ4v) is 2.05. The number of amides is 1. The number of rotatable bonds is 5. The monoisotopic (exact) mass is 282 g/mol. The number of carbonyl (C=O) groups excluding carboxylic acids is 1. The van der Waals surface area contributed by atoms with Crippen LogP contribution < -0.4 is 5.32 Å². The molecule has 0 radical (unpaired) electrons. The molecule has 0 bridgehead atoms. The number of hydrogen-bond acceptors (Lipinski definition) is 7. The van der Waals surface area contributed by atoms with Crippen molar-refractivity contribution >= 4 is 23.6 Å². The highest BCUT2D eigenvalue weighted by atomic mass is 32.2. The molecule has 7 nitrogen and oxygen atoms in total. The number of hydrogen-bond donors (Lipinski definition) is 1. The van der Waals surface area contributed by atoms with Crippen molar-refractivity contribution in [2.24, 2.45) is 0 Å². The summed E-state index contributed by atoms with van der Waals surface area (Å²) in [4.78, 5) is 11.7. The average molecular weight is 282 g/mol. The molecular weight excluding hydrogens is 268 g/mol. The fraction of sp³-hybridized carbons (Fsp3) is 0.455. The van der Waals surface area contributed by atoms with E-state index in [2.05, 4.69) is 20.7 Å². The van der Waals surface area contributed by atoms with Gasteiger partial charge in [-0.2, -0.15) is 0 Å². The summed E-state index contributed by atoms with van der Waals surface area (Å²) in [6.45, 7) is 5.53. The zero-order valence-corrected chi connectivity index (χ0v) is 11.7. The lowest BCUT2D eigenvalue weighted by Crippen LogP contribution is -2.14. The van der Waals surface area contributed by atoms with E-state index in [1.807, 2.05) is 13.8 Å². The minimum absolute atomic E-state index is 0.170. The molecule has 8 heteroatoms. The van der Waals surface area contributed by atoms with E-state index in [9.17, 15) is 4.79 Å². The summed E-state index contributed by atoms with van der Waals surface area (Å²) < 4.78 is 10.2. The predicted molar refractivity (Wildman–Crippen MR) is 69.0 cm³/mol. The molecule has 2 aromatic rings. The Labute approximate surface area is 114 Å². The van der Waals surface area contributed by atoms with Crippen molar-refractivity contribution in [2.75, 3.05) is 11.1 Å². The van der Waals surface area contributed by atoms with Crippen molar-refractivity contribution in [2.45, 2.75) is 32.4 Å². The first kappa shape index (κ1) is 13.6. The molecule has 2 rings (SSSR count). The maximum atomic E-state index is 11.7. The zero-order chi connectivity index (χ0) is 13.8. The lowest BCUT2D eigenvalue weighted by molar-refractivity contribution is -0.113. The number of nitrogens with one attached hydrogen (secondary N) is 1. The smallest absolute Gasteiger partial charge is 0.277 e. The molecule has 0 saturated carbocycles. The van der Waals surface area contributed by atoms with E-state index in [1.165, 1.54) is 11.8 Å². The van der Waals surface area contributed by atoms with Crippen LogP contribution in [0.1, 0.15) is 24.1 Å². The second-order valence-corrected chi connectivity index (χ2v) is 4.79. The summed E-state index contributed by atoms with van der Waals surface area (Å²) >= 11 is 1.17. The van der Waals surface area contributed by atoms with Gasteiger partial charge in [-0.15, -0.1) is 10.2 Å². The second-order valence-electron chi connectivity index (χ2n) is 3.86. The summed E-state index contributed by atoms with van der Waals surface area (Å²) in [6.07, 6.45) is 0.765. The minimum atomic E-state index is -0.206. The van der Waals surface area contributed by atoms with Gasteiger partial charge in [0.2, 0.25) is 17.7 Å². The van der Waals surface area contributed by atoms with Gasteiger partial charge in [0.25, 0.3) is 5.22 Å². The Morgan fingerprint density at radius 3 is 2.74 bits per heavy atom. The number of thioether (sulfide) groups is 1. The van der Waals surface area contributed by atoms with Crippen LogP contribution in [0.15, 0.2) is 14.2 Å². The Bertz CT molecular complexity index is 578. The molecule has 2 heterocycles. The van der Waals surface area contributed by atoms with E-state index in [4.69, 9.17) is 8.94 Å². The molecule has 0 saturated heterocycles. The number of aromatic nitrogens is 3. The van der Waals surface area contributed by atoms with Crippen LogP contribution in [-0.2, 0) is 11.2 Å². The van der Waals surface area contributed by atoms with Crippen LogP contribution in [0.25, 0.3) is 0 Å². The Morgan fingerprint density at radius 1 is 1.37 bits per heavy atom. The summed E-state index contributed by atoms with van der Waals surface area (Å²) in [5.74, 6) is 0.831. The molecule has 0 aliphatic carbocycles. The molecule has 0 aliphatic rings. The van der Waals surface area contributed by atoms with Gasteiger partial charge in [0.1, 0.15) is 0 Å². The average Bonchev–Trinajstić information content (AvgIpc) is 2.95. The van der Waals surface area contributed by atoms with Gasteiger partial charge in [0.15, 0.2) is 0 Å². The minimum Gasteiger partial charge on any atom is -0.416 e. The molecule has 2 aromatic heterocycles. The topological polar surface area (TPSA) is 94.1 Å². The van der Waals surface area contributed by atoms with Crippen molar-refractivity contribution in [3.05, 3.63) is 17.1 Å². The summed E-state index contributed by atoms with van der Waals surface area (Å²) in [6, 6.07) is 0. The van der Waals surface area contributed by atoms with Crippen LogP contribution in [-0.4, -0.2) is 27.0 Å². The standard InChI is InChI=1S/C11H14N4O3S/c1-4-8-6(2)10(18-15-8)12-9(16)5-19-11-14-13-7(3)17-11/h4-5H2,1-3H3,(H,12,16). The Hall–Kier alpha value is -1.83. The lowest BCUT2D eigenvalue weighted by atomic mass is 10.2. The van der Waals surface area contributed by atoms with E-state index in [-0.39, 0.29) is 11.7 Å². The van der Waals surface area contributed by atoms with Crippen LogP contribution in [0.2, 0.25) is 0 Å². The first-order valence-corrected chi connectivity index (χ1v) is 6.76. The van der Waals surface area contributed by atoms with Gasteiger partial charge in [0, 0.05) is 12.5 Å². The molecule has 0 spiro atoms. The highest BCUT2D eigenvalue weighted by Crippen LogP contribution is 2.20. The van der Waals surface area contributed by atoms with Crippen molar-refractivity contribution in [3.63, 3.8) is 0 Å². The van der Waals surface area contributed by atoms with E-state index < -0.39 is 0 Å². The zero-order valence-electron chi connectivity index (χ0n) is 10.9. The van der Waals surface area contributed by atoms with E-state index in [0.717, 1.165) is 17.7 Å². The fourth-order valence-electron chi connectivity index (χ4n) is 1.44. The number of aryl methyl sites for hydroxylation is 2. The van der Waals surface area contributed by atoms with Crippen molar-refractivity contribution < 1.29 is 13.7 Å². The number of nitrogens with zero attached hydrogens (tertiary/aromatic N) is 3. The van der Waals surface area contributed by atoms with Gasteiger partial charge in [-0.25, -0.2) is 0 Å². The third-order valence-corrected chi connectivity index (χ3v) is 3.26. The van der Waals surface area contributed by atoms with Crippen molar-refractivity contribution in [1.82, 2.24) is 15.4 Å². The van der Waals surface area contributed by atoms with Crippen molar-refractivity contribution in [1.29, 1.82) is 0 Å². The van der Waals surface area contributed by atoms with Gasteiger partial charge in [0.05, 0.1) is 11.4 Å². The first-order chi connectivity index (χ1) is 9.10. The third kappa shape index (κ3) is 3.34. The molecule has 19 heavy (non-hydrogen) atoms. The molecular formula is C11H14N4O3S. The molecule has 0 atom stereocenters. The van der Waals surface area contributed by atoms with Gasteiger partial charge in [-0.1, -0.05) is 23.8 Å². The van der Waals surface area contributed by atoms with Crippen LogP contribution >= 0.6 is 11.8 Å². The maximum absolute atomic E-state index is 11.7. The summed E-state index contributed by atoms with van der Waals surface area (Å²) in [7, 11) is 0. The van der Waals surface area contributed by atoms with E-state index >= 15 is 0 Å².